The van der Waals surface area contributed by atoms with E-state index in [0.717, 1.165) is 36.4 Å². The molecule has 0 aliphatic carbocycles. The molecule has 1 aromatic heterocycles. The number of methoxy groups -OCH3 is 2. The topological polar surface area (TPSA) is 55.7 Å². The number of aliphatic hydroxyl groups is 1. The van der Waals surface area contributed by atoms with Crippen molar-refractivity contribution in [3.05, 3.63) is 63.5 Å². The van der Waals surface area contributed by atoms with Gasteiger partial charge in [-0.3, -0.25) is 0 Å². The highest BCUT2D eigenvalue weighted by Crippen LogP contribution is 2.45. The lowest BCUT2D eigenvalue weighted by Gasteiger charge is -2.18. The van der Waals surface area contributed by atoms with Crippen LogP contribution in [0.4, 0.5) is 5.69 Å². The third-order valence-electron chi connectivity index (χ3n) is 5.09. The Morgan fingerprint density at radius 2 is 1.70 bits per heavy atom. The second-order valence-electron chi connectivity index (χ2n) is 6.99. The van der Waals surface area contributed by atoms with E-state index in [1.165, 1.54) is 0 Å². The highest BCUT2D eigenvalue weighted by molar-refractivity contribution is 9.10. The molecule has 0 saturated carbocycles. The maximum absolute atomic E-state index is 10.8. The van der Waals surface area contributed by atoms with Crippen molar-refractivity contribution in [2.45, 2.75) is 12.6 Å². The number of benzene rings is 3. The van der Waals surface area contributed by atoms with Gasteiger partial charge in [-0.05, 0) is 52.3 Å². The van der Waals surface area contributed by atoms with Crippen LogP contribution in [0.1, 0.15) is 0 Å². The number of nitrogens with one attached hydrogen (secondary N) is 1. The SMILES string of the molecule is COc1c(Br)cc2c3cc(Br)ccc3n(CC(O)CNc3ccccc3)c2c1OC. The lowest BCUT2D eigenvalue weighted by molar-refractivity contribution is 0.169. The van der Waals surface area contributed by atoms with Crippen LogP contribution in [0.2, 0.25) is 0 Å². The third-order valence-corrected chi connectivity index (χ3v) is 6.17. The van der Waals surface area contributed by atoms with Gasteiger partial charge < -0.3 is 24.5 Å². The summed E-state index contributed by atoms with van der Waals surface area (Å²) in [7, 11) is 3.26. The van der Waals surface area contributed by atoms with E-state index in [1.54, 1.807) is 14.2 Å². The molecule has 0 spiro atoms. The predicted molar refractivity (Wildman–Crippen MR) is 129 cm³/mol. The number of halogens is 2. The van der Waals surface area contributed by atoms with Gasteiger partial charge in [-0.2, -0.15) is 0 Å². The minimum absolute atomic E-state index is 0.405. The number of nitrogens with zero attached hydrogens (tertiary/aromatic N) is 1. The maximum atomic E-state index is 10.8. The fourth-order valence-electron chi connectivity index (χ4n) is 3.79. The van der Waals surface area contributed by atoms with Gasteiger partial charge >= 0.3 is 0 Å². The van der Waals surface area contributed by atoms with E-state index in [1.807, 2.05) is 42.5 Å². The van der Waals surface area contributed by atoms with Crippen molar-refractivity contribution >= 4 is 59.4 Å². The molecule has 4 rings (SSSR count). The number of rotatable bonds is 7. The van der Waals surface area contributed by atoms with Gasteiger partial charge in [0.2, 0.25) is 0 Å². The number of anilines is 1. The van der Waals surface area contributed by atoms with Crippen LogP contribution < -0.4 is 14.8 Å². The zero-order valence-corrected chi connectivity index (χ0v) is 19.8. The number of aromatic nitrogens is 1. The highest BCUT2D eigenvalue weighted by atomic mass is 79.9. The molecule has 3 aromatic carbocycles. The van der Waals surface area contributed by atoms with Crippen LogP contribution in [0.15, 0.2) is 63.5 Å². The number of ether oxygens (including phenoxy) is 2. The highest BCUT2D eigenvalue weighted by Gasteiger charge is 2.22. The largest absolute Gasteiger partial charge is 0.492 e. The van der Waals surface area contributed by atoms with Gasteiger partial charge in [0.25, 0.3) is 0 Å². The first kappa shape index (κ1) is 21.0. The molecule has 1 unspecified atom stereocenters. The Labute approximate surface area is 191 Å². The molecule has 0 aliphatic heterocycles. The zero-order valence-electron chi connectivity index (χ0n) is 16.7. The van der Waals surface area contributed by atoms with Gasteiger partial charge in [0.15, 0.2) is 11.5 Å². The van der Waals surface area contributed by atoms with Crippen LogP contribution >= 0.6 is 31.9 Å². The third kappa shape index (κ3) is 3.89. The van der Waals surface area contributed by atoms with Crippen molar-refractivity contribution in [3.8, 4) is 11.5 Å². The van der Waals surface area contributed by atoms with E-state index in [9.17, 15) is 5.11 Å². The van der Waals surface area contributed by atoms with Crippen molar-refractivity contribution in [1.29, 1.82) is 0 Å². The molecule has 0 fully saturated rings. The van der Waals surface area contributed by atoms with Crippen LogP contribution in [-0.2, 0) is 6.54 Å². The smallest absolute Gasteiger partial charge is 0.186 e. The average Bonchev–Trinajstić information content (AvgIpc) is 3.04. The summed E-state index contributed by atoms with van der Waals surface area (Å²) in [5.74, 6) is 1.27. The zero-order chi connectivity index (χ0) is 21.3. The molecule has 0 aliphatic rings. The number of aliphatic hydroxyl groups excluding tert-OH is 1. The summed E-state index contributed by atoms with van der Waals surface area (Å²) in [6.45, 7) is 0.834. The Hall–Kier alpha value is -2.22. The lowest BCUT2D eigenvalue weighted by atomic mass is 10.1. The normalized spacial score (nSPS) is 12.3. The summed E-state index contributed by atoms with van der Waals surface area (Å²) < 4.78 is 15.3. The standard InChI is InChI=1S/C23H22Br2N2O3/c1-29-22-19(25)11-18-17-10-14(24)8-9-20(17)27(21(18)23(22)30-2)13-16(28)12-26-15-6-4-3-5-7-15/h3-11,16,26,28H,12-13H2,1-2H3. The van der Waals surface area contributed by atoms with E-state index in [4.69, 9.17) is 9.47 Å². The van der Waals surface area contributed by atoms with Gasteiger partial charge in [0, 0.05) is 33.0 Å². The summed E-state index contributed by atoms with van der Waals surface area (Å²) in [6.07, 6.45) is -0.605. The number of hydrogen-bond donors (Lipinski definition) is 2. The minimum atomic E-state index is -0.605. The molecule has 0 radical (unpaired) electrons. The van der Waals surface area contributed by atoms with Gasteiger partial charge in [0.05, 0.1) is 36.9 Å². The molecule has 0 amide bonds. The van der Waals surface area contributed by atoms with Crippen molar-refractivity contribution < 1.29 is 14.6 Å². The van der Waals surface area contributed by atoms with Crippen LogP contribution in [0.3, 0.4) is 0 Å². The number of para-hydroxylation sites is 1. The lowest BCUT2D eigenvalue weighted by Crippen LogP contribution is -2.25. The van der Waals surface area contributed by atoms with Crippen LogP contribution in [0.25, 0.3) is 21.8 Å². The van der Waals surface area contributed by atoms with E-state index in [2.05, 4.69) is 53.9 Å². The second kappa shape index (κ2) is 8.88. The fraction of sp³-hybridized carbons (Fsp3) is 0.217. The molecule has 30 heavy (non-hydrogen) atoms. The Bertz CT molecular complexity index is 1190. The first-order valence-electron chi connectivity index (χ1n) is 9.52. The molecule has 0 bridgehead atoms. The molecule has 0 saturated heterocycles. The van der Waals surface area contributed by atoms with Crippen molar-refractivity contribution in [1.82, 2.24) is 4.57 Å². The summed E-state index contributed by atoms with van der Waals surface area (Å²) in [4.78, 5) is 0. The van der Waals surface area contributed by atoms with Gasteiger partial charge in [-0.15, -0.1) is 0 Å². The monoisotopic (exact) mass is 532 g/mol. The summed E-state index contributed by atoms with van der Waals surface area (Å²) in [5, 5.41) is 16.2. The molecule has 1 atom stereocenters. The summed E-state index contributed by atoms with van der Waals surface area (Å²) in [5.41, 5.74) is 2.89. The average molecular weight is 534 g/mol. The number of hydrogen-bond acceptors (Lipinski definition) is 4. The molecule has 156 valence electrons. The van der Waals surface area contributed by atoms with E-state index in [0.29, 0.717) is 24.6 Å². The first-order chi connectivity index (χ1) is 14.5. The minimum Gasteiger partial charge on any atom is -0.492 e. The van der Waals surface area contributed by atoms with Crippen molar-refractivity contribution in [3.63, 3.8) is 0 Å². The molecule has 1 heterocycles. The van der Waals surface area contributed by atoms with E-state index < -0.39 is 6.10 Å². The quantitative estimate of drug-likeness (QED) is 0.315. The summed E-state index contributed by atoms with van der Waals surface area (Å²) >= 11 is 7.17. The molecule has 5 nitrogen and oxygen atoms in total. The van der Waals surface area contributed by atoms with E-state index in [-0.39, 0.29) is 0 Å². The molecule has 4 aromatic rings. The Morgan fingerprint density at radius 1 is 0.967 bits per heavy atom. The Kier molecular flexibility index (Phi) is 6.22. The second-order valence-corrected chi connectivity index (χ2v) is 8.76. The van der Waals surface area contributed by atoms with Crippen LogP contribution in [-0.4, -0.2) is 36.5 Å². The van der Waals surface area contributed by atoms with Crippen LogP contribution in [0.5, 0.6) is 11.5 Å². The van der Waals surface area contributed by atoms with Crippen molar-refractivity contribution in [2.24, 2.45) is 0 Å². The first-order valence-corrected chi connectivity index (χ1v) is 11.1. The van der Waals surface area contributed by atoms with Crippen LogP contribution in [0, 0.1) is 0 Å². The van der Waals surface area contributed by atoms with Crippen molar-refractivity contribution in [2.75, 3.05) is 26.1 Å². The molecule has 7 heteroatoms. The fourth-order valence-corrected chi connectivity index (χ4v) is 4.72. The van der Waals surface area contributed by atoms with Gasteiger partial charge in [-0.25, -0.2) is 0 Å². The molecule has 2 N–H and O–H groups in total. The molecular weight excluding hydrogens is 512 g/mol. The summed E-state index contributed by atoms with van der Waals surface area (Å²) in [6, 6.07) is 18.0. The Balaban J connectivity index is 1.80. The maximum Gasteiger partial charge on any atom is 0.186 e. The predicted octanol–water partition coefficient (Wildman–Crippen LogP) is 5.81. The number of fused-ring (bicyclic) bond motifs is 3. The van der Waals surface area contributed by atoms with E-state index >= 15 is 0 Å². The molecular formula is C23H22Br2N2O3. The van der Waals surface area contributed by atoms with Gasteiger partial charge in [0.1, 0.15) is 0 Å². The van der Waals surface area contributed by atoms with Gasteiger partial charge in [-0.1, -0.05) is 34.1 Å². The Morgan fingerprint density at radius 3 is 2.40 bits per heavy atom.